The molecular weight excluding hydrogens is 321 g/mol. The lowest BCUT2D eigenvalue weighted by atomic mass is 10.1. The van der Waals surface area contributed by atoms with Crippen LogP contribution in [0.3, 0.4) is 0 Å². The molecule has 1 aliphatic rings. The number of benzene rings is 1. The molecule has 2 rings (SSSR count). The molecule has 0 spiro atoms. The molecule has 5 nitrogen and oxygen atoms in total. The molecule has 0 amide bonds. The van der Waals surface area contributed by atoms with Crippen molar-refractivity contribution < 1.29 is 13.9 Å². The summed E-state index contributed by atoms with van der Waals surface area (Å²) in [6.45, 7) is 6.48. The second-order valence-electron chi connectivity index (χ2n) is 6.17. The highest BCUT2D eigenvalue weighted by Gasteiger charge is 2.21. The van der Waals surface area contributed by atoms with Crippen LogP contribution in [-0.2, 0) is 16.0 Å². The lowest BCUT2D eigenvalue weighted by molar-refractivity contribution is 0.00990. The SMILES string of the molecule is CCNC(=NCc1ccccc1F)N1CCC(OCCCOC)CC1. The van der Waals surface area contributed by atoms with Crippen LogP contribution in [0.5, 0.6) is 0 Å². The van der Waals surface area contributed by atoms with Crippen molar-refractivity contribution in [1.29, 1.82) is 0 Å². The number of hydrogen-bond acceptors (Lipinski definition) is 3. The van der Waals surface area contributed by atoms with Crippen LogP contribution in [0.1, 0.15) is 31.7 Å². The molecule has 140 valence electrons. The maximum atomic E-state index is 13.8. The molecule has 1 aromatic carbocycles. The molecule has 0 bridgehead atoms. The molecule has 0 aromatic heterocycles. The number of nitrogens with one attached hydrogen (secondary N) is 1. The molecule has 0 radical (unpaired) electrons. The fraction of sp³-hybridized carbons (Fsp3) is 0.632. The van der Waals surface area contributed by atoms with Gasteiger partial charge in [-0.1, -0.05) is 18.2 Å². The summed E-state index contributed by atoms with van der Waals surface area (Å²) < 4.78 is 24.7. The van der Waals surface area contributed by atoms with E-state index in [0.717, 1.165) is 58.1 Å². The van der Waals surface area contributed by atoms with Gasteiger partial charge >= 0.3 is 0 Å². The van der Waals surface area contributed by atoms with Gasteiger partial charge in [0.1, 0.15) is 5.82 Å². The Kier molecular flexibility index (Phi) is 8.69. The van der Waals surface area contributed by atoms with Crippen molar-refractivity contribution in [1.82, 2.24) is 10.2 Å². The first kappa shape index (κ1) is 19.7. The van der Waals surface area contributed by atoms with Gasteiger partial charge in [-0.3, -0.25) is 0 Å². The van der Waals surface area contributed by atoms with Crippen molar-refractivity contribution in [2.75, 3.05) is 40.0 Å². The summed E-state index contributed by atoms with van der Waals surface area (Å²) in [5.74, 6) is 0.647. The number of likely N-dealkylation sites (tertiary alicyclic amines) is 1. The normalized spacial score (nSPS) is 16.3. The highest BCUT2D eigenvalue weighted by Crippen LogP contribution is 2.15. The first-order chi connectivity index (χ1) is 12.2. The topological polar surface area (TPSA) is 46.1 Å². The van der Waals surface area contributed by atoms with Gasteiger partial charge in [0.05, 0.1) is 12.6 Å². The van der Waals surface area contributed by atoms with E-state index in [0.29, 0.717) is 18.2 Å². The summed E-state index contributed by atoms with van der Waals surface area (Å²) >= 11 is 0. The lowest BCUT2D eigenvalue weighted by Gasteiger charge is -2.34. The van der Waals surface area contributed by atoms with Gasteiger partial charge in [-0.15, -0.1) is 0 Å². The van der Waals surface area contributed by atoms with Crippen LogP contribution >= 0.6 is 0 Å². The fourth-order valence-electron chi connectivity index (χ4n) is 2.90. The van der Waals surface area contributed by atoms with Crippen LogP contribution in [0.2, 0.25) is 0 Å². The van der Waals surface area contributed by atoms with Gasteiger partial charge in [0.25, 0.3) is 0 Å². The highest BCUT2D eigenvalue weighted by molar-refractivity contribution is 5.80. The molecule has 1 N–H and O–H groups in total. The molecule has 25 heavy (non-hydrogen) atoms. The lowest BCUT2D eigenvalue weighted by Crippen LogP contribution is -2.47. The van der Waals surface area contributed by atoms with Crippen LogP contribution in [0.4, 0.5) is 4.39 Å². The van der Waals surface area contributed by atoms with Crippen LogP contribution in [0.25, 0.3) is 0 Å². The Morgan fingerprint density at radius 2 is 2.04 bits per heavy atom. The zero-order valence-corrected chi connectivity index (χ0v) is 15.3. The van der Waals surface area contributed by atoms with Crippen molar-refractivity contribution >= 4 is 5.96 Å². The first-order valence-electron chi connectivity index (χ1n) is 9.11. The average Bonchev–Trinajstić information content (AvgIpc) is 2.64. The van der Waals surface area contributed by atoms with Crippen molar-refractivity contribution in [2.45, 2.75) is 38.8 Å². The minimum absolute atomic E-state index is 0.203. The van der Waals surface area contributed by atoms with Crippen LogP contribution in [-0.4, -0.2) is 56.9 Å². The highest BCUT2D eigenvalue weighted by atomic mass is 19.1. The monoisotopic (exact) mass is 351 g/mol. The van der Waals surface area contributed by atoms with Gasteiger partial charge < -0.3 is 19.7 Å². The number of aliphatic imine (C=N–C) groups is 1. The fourth-order valence-corrected chi connectivity index (χ4v) is 2.90. The zero-order valence-electron chi connectivity index (χ0n) is 15.3. The second-order valence-corrected chi connectivity index (χ2v) is 6.17. The van der Waals surface area contributed by atoms with Crippen molar-refractivity contribution in [3.05, 3.63) is 35.6 Å². The summed E-state index contributed by atoms with van der Waals surface area (Å²) in [4.78, 5) is 6.85. The number of guanidine groups is 1. The Morgan fingerprint density at radius 1 is 1.28 bits per heavy atom. The van der Waals surface area contributed by atoms with Crippen LogP contribution < -0.4 is 5.32 Å². The number of nitrogens with zero attached hydrogens (tertiary/aromatic N) is 2. The Labute approximate surface area is 150 Å². The molecule has 6 heteroatoms. The molecule has 1 heterocycles. The first-order valence-corrected chi connectivity index (χ1v) is 9.11. The number of ether oxygens (including phenoxy) is 2. The van der Waals surface area contributed by atoms with Gasteiger partial charge in [0, 0.05) is 45.5 Å². The number of rotatable bonds is 8. The summed E-state index contributed by atoms with van der Waals surface area (Å²) in [5, 5.41) is 3.31. The van der Waals surface area contributed by atoms with E-state index in [2.05, 4.69) is 15.2 Å². The van der Waals surface area contributed by atoms with Crippen molar-refractivity contribution in [3.8, 4) is 0 Å². The molecule has 1 fully saturated rings. The maximum Gasteiger partial charge on any atom is 0.194 e. The Balaban J connectivity index is 1.84. The Bertz CT molecular complexity index is 531. The minimum Gasteiger partial charge on any atom is -0.385 e. The van der Waals surface area contributed by atoms with Gasteiger partial charge in [-0.25, -0.2) is 9.38 Å². The molecule has 0 atom stereocenters. The third-order valence-corrected chi connectivity index (χ3v) is 4.28. The molecule has 1 aliphatic heterocycles. The van der Waals surface area contributed by atoms with E-state index < -0.39 is 0 Å². The Hall–Kier alpha value is -1.66. The Morgan fingerprint density at radius 3 is 2.72 bits per heavy atom. The second kappa shape index (κ2) is 11.1. The quantitative estimate of drug-likeness (QED) is 0.444. The summed E-state index contributed by atoms with van der Waals surface area (Å²) in [5.41, 5.74) is 0.620. The predicted octanol–water partition coefficient (Wildman–Crippen LogP) is 2.81. The van der Waals surface area contributed by atoms with E-state index in [1.165, 1.54) is 6.07 Å². The van der Waals surface area contributed by atoms with E-state index in [4.69, 9.17) is 9.47 Å². The number of hydrogen-bond donors (Lipinski definition) is 1. The smallest absolute Gasteiger partial charge is 0.194 e. The van der Waals surface area contributed by atoms with Gasteiger partial charge in [0.15, 0.2) is 5.96 Å². The standard InChI is InChI=1S/C19H30FN3O2/c1-3-21-19(22-15-16-7-4-5-8-18(16)20)23-11-9-17(10-12-23)25-14-6-13-24-2/h4-5,7-8,17H,3,6,9-15H2,1-2H3,(H,21,22). The van der Waals surface area contributed by atoms with Crippen LogP contribution in [0, 0.1) is 5.82 Å². The third-order valence-electron chi connectivity index (χ3n) is 4.28. The number of piperidine rings is 1. The van der Waals surface area contributed by atoms with Crippen molar-refractivity contribution in [3.63, 3.8) is 0 Å². The summed E-state index contributed by atoms with van der Waals surface area (Å²) in [6, 6.07) is 6.80. The maximum absolute atomic E-state index is 13.8. The molecular formula is C19H30FN3O2. The third kappa shape index (κ3) is 6.63. The van der Waals surface area contributed by atoms with E-state index in [1.54, 1.807) is 19.2 Å². The molecule has 0 unspecified atom stereocenters. The number of halogens is 1. The van der Waals surface area contributed by atoms with E-state index in [9.17, 15) is 4.39 Å². The summed E-state index contributed by atoms with van der Waals surface area (Å²) in [7, 11) is 1.71. The predicted molar refractivity (Wildman–Crippen MR) is 98.3 cm³/mol. The summed E-state index contributed by atoms with van der Waals surface area (Å²) in [6.07, 6.45) is 3.21. The molecule has 1 aromatic rings. The van der Waals surface area contributed by atoms with E-state index in [-0.39, 0.29) is 5.82 Å². The number of methoxy groups -OCH3 is 1. The van der Waals surface area contributed by atoms with E-state index in [1.807, 2.05) is 13.0 Å². The minimum atomic E-state index is -0.203. The largest absolute Gasteiger partial charge is 0.385 e. The van der Waals surface area contributed by atoms with Crippen molar-refractivity contribution in [2.24, 2.45) is 4.99 Å². The molecule has 0 saturated carbocycles. The molecule has 0 aliphatic carbocycles. The van der Waals surface area contributed by atoms with Gasteiger partial charge in [0.2, 0.25) is 0 Å². The van der Waals surface area contributed by atoms with E-state index >= 15 is 0 Å². The van der Waals surface area contributed by atoms with Gasteiger partial charge in [-0.2, -0.15) is 0 Å². The molecule has 1 saturated heterocycles. The van der Waals surface area contributed by atoms with Gasteiger partial charge in [-0.05, 0) is 32.3 Å². The zero-order chi connectivity index (χ0) is 17.9. The van der Waals surface area contributed by atoms with Crippen LogP contribution in [0.15, 0.2) is 29.3 Å². The average molecular weight is 351 g/mol.